The van der Waals surface area contributed by atoms with Crippen molar-refractivity contribution >= 4 is 17.8 Å². The van der Waals surface area contributed by atoms with Gasteiger partial charge in [0, 0.05) is 0 Å². The third-order valence-corrected chi connectivity index (χ3v) is 1.72. The van der Waals surface area contributed by atoms with E-state index in [-0.39, 0.29) is 17.1 Å². The Morgan fingerprint density at radius 3 is 2.27 bits per heavy atom. The predicted octanol–water partition coefficient (Wildman–Crippen LogP) is 0.237. The van der Waals surface area contributed by atoms with Crippen LogP contribution < -0.4 is 5.73 Å². The van der Waals surface area contributed by atoms with E-state index in [1.165, 1.54) is 26.4 Å². The number of hydrogen-bond acceptors (Lipinski definition) is 6. The maximum Gasteiger partial charge on any atom is 0.356 e. The molecule has 6 nitrogen and oxygen atoms in total. The highest BCUT2D eigenvalue weighted by atomic mass is 16.5. The van der Waals surface area contributed by atoms with Gasteiger partial charge in [-0.15, -0.1) is 0 Å². The summed E-state index contributed by atoms with van der Waals surface area (Å²) in [5.74, 6) is -1.28. The lowest BCUT2D eigenvalue weighted by molar-refractivity contribution is 0.0582. The zero-order valence-corrected chi connectivity index (χ0v) is 8.31. The number of methoxy groups -OCH3 is 2. The summed E-state index contributed by atoms with van der Waals surface area (Å²) in [6.07, 6.45) is 0. The second kappa shape index (κ2) is 4.41. The van der Waals surface area contributed by atoms with Gasteiger partial charge in [0.05, 0.1) is 14.2 Å². The van der Waals surface area contributed by atoms with Crippen LogP contribution in [0, 0.1) is 0 Å². The first-order valence-electron chi connectivity index (χ1n) is 4.03. The van der Waals surface area contributed by atoms with Gasteiger partial charge in [-0.25, -0.2) is 14.6 Å². The molecule has 80 valence electrons. The summed E-state index contributed by atoms with van der Waals surface area (Å²) in [7, 11) is 2.46. The predicted molar refractivity (Wildman–Crippen MR) is 51.3 cm³/mol. The monoisotopic (exact) mass is 210 g/mol. The Bertz CT molecular complexity index is 403. The lowest BCUT2D eigenvalue weighted by Gasteiger charge is -2.04. The van der Waals surface area contributed by atoms with Crippen molar-refractivity contribution in [1.82, 2.24) is 4.98 Å². The molecule has 0 bridgehead atoms. The molecule has 0 fully saturated rings. The molecule has 0 atom stereocenters. The number of carbonyl (C=O) groups is 2. The van der Waals surface area contributed by atoms with Crippen molar-refractivity contribution in [3.8, 4) is 0 Å². The highest BCUT2D eigenvalue weighted by Crippen LogP contribution is 2.11. The van der Waals surface area contributed by atoms with Gasteiger partial charge in [0.15, 0.2) is 5.69 Å². The number of rotatable bonds is 2. The molecule has 0 aromatic carbocycles. The lowest BCUT2D eigenvalue weighted by atomic mass is 10.2. The van der Waals surface area contributed by atoms with E-state index in [0.717, 1.165) is 0 Å². The molecule has 0 unspecified atom stereocenters. The Hall–Kier alpha value is -2.11. The Morgan fingerprint density at radius 2 is 1.80 bits per heavy atom. The summed E-state index contributed by atoms with van der Waals surface area (Å²) in [4.78, 5) is 25.9. The van der Waals surface area contributed by atoms with Crippen molar-refractivity contribution in [3.63, 3.8) is 0 Å². The molecule has 0 spiro atoms. The topological polar surface area (TPSA) is 91.5 Å². The maximum atomic E-state index is 11.1. The molecular weight excluding hydrogens is 200 g/mol. The second-order valence-electron chi connectivity index (χ2n) is 2.61. The molecule has 1 aromatic heterocycles. The molecule has 1 heterocycles. The average molecular weight is 210 g/mol. The SMILES string of the molecule is COC(=O)c1ccc(C(=O)OC)c(N)n1. The fourth-order valence-corrected chi connectivity index (χ4v) is 0.976. The standard InChI is InChI=1S/C9H10N2O4/c1-14-8(12)5-3-4-6(9(13)15-2)11-7(5)10/h3-4H,1-2H3,(H2,10,11). The van der Waals surface area contributed by atoms with Gasteiger partial charge in [-0.05, 0) is 12.1 Å². The van der Waals surface area contributed by atoms with E-state index in [4.69, 9.17) is 5.73 Å². The van der Waals surface area contributed by atoms with E-state index >= 15 is 0 Å². The number of nitrogens with zero attached hydrogens (tertiary/aromatic N) is 1. The third kappa shape index (κ3) is 2.22. The highest BCUT2D eigenvalue weighted by Gasteiger charge is 2.14. The Morgan fingerprint density at radius 1 is 1.20 bits per heavy atom. The summed E-state index contributed by atoms with van der Waals surface area (Å²) in [6.45, 7) is 0. The zero-order chi connectivity index (χ0) is 11.4. The molecule has 0 radical (unpaired) electrons. The number of aromatic nitrogens is 1. The number of esters is 2. The number of pyridine rings is 1. The zero-order valence-electron chi connectivity index (χ0n) is 8.31. The van der Waals surface area contributed by atoms with Gasteiger partial charge in [-0.1, -0.05) is 0 Å². The number of hydrogen-bond donors (Lipinski definition) is 1. The van der Waals surface area contributed by atoms with Crippen molar-refractivity contribution in [1.29, 1.82) is 0 Å². The molecule has 6 heteroatoms. The van der Waals surface area contributed by atoms with Crippen molar-refractivity contribution in [2.45, 2.75) is 0 Å². The van der Waals surface area contributed by atoms with Crippen LogP contribution in [0.15, 0.2) is 12.1 Å². The molecule has 1 aromatic rings. The van der Waals surface area contributed by atoms with Gasteiger partial charge in [0.1, 0.15) is 11.4 Å². The fourth-order valence-electron chi connectivity index (χ4n) is 0.976. The highest BCUT2D eigenvalue weighted by molar-refractivity contribution is 5.95. The van der Waals surface area contributed by atoms with Gasteiger partial charge >= 0.3 is 11.9 Å². The van der Waals surface area contributed by atoms with Gasteiger partial charge < -0.3 is 15.2 Å². The van der Waals surface area contributed by atoms with Crippen molar-refractivity contribution < 1.29 is 19.1 Å². The molecule has 0 saturated carbocycles. The summed E-state index contributed by atoms with van der Waals surface area (Å²) in [5.41, 5.74) is 5.63. The molecule has 0 aliphatic carbocycles. The van der Waals surface area contributed by atoms with Crippen LogP contribution >= 0.6 is 0 Å². The Kier molecular flexibility index (Phi) is 3.22. The summed E-state index contributed by atoms with van der Waals surface area (Å²) in [5, 5.41) is 0. The summed E-state index contributed by atoms with van der Waals surface area (Å²) >= 11 is 0. The van der Waals surface area contributed by atoms with E-state index in [9.17, 15) is 9.59 Å². The van der Waals surface area contributed by atoms with Crippen molar-refractivity contribution in [2.75, 3.05) is 20.0 Å². The van der Waals surface area contributed by atoms with Gasteiger partial charge in [-0.3, -0.25) is 0 Å². The van der Waals surface area contributed by atoms with Crippen LogP contribution in [-0.2, 0) is 9.47 Å². The normalized spacial score (nSPS) is 9.47. The van der Waals surface area contributed by atoms with Gasteiger partial charge in [0.2, 0.25) is 0 Å². The van der Waals surface area contributed by atoms with Gasteiger partial charge in [0.25, 0.3) is 0 Å². The van der Waals surface area contributed by atoms with Crippen LogP contribution in [0.25, 0.3) is 0 Å². The first-order chi connectivity index (χ1) is 7.10. The van der Waals surface area contributed by atoms with E-state index in [2.05, 4.69) is 14.5 Å². The van der Waals surface area contributed by atoms with Crippen LogP contribution in [0.1, 0.15) is 20.8 Å². The minimum atomic E-state index is -0.613. The van der Waals surface area contributed by atoms with E-state index in [1.807, 2.05) is 0 Å². The maximum absolute atomic E-state index is 11.1. The van der Waals surface area contributed by atoms with E-state index in [1.54, 1.807) is 0 Å². The first-order valence-corrected chi connectivity index (χ1v) is 4.03. The Labute approximate surface area is 86.0 Å². The number of carbonyl (C=O) groups excluding carboxylic acids is 2. The minimum Gasteiger partial charge on any atom is -0.465 e. The van der Waals surface area contributed by atoms with Crippen LogP contribution in [0.4, 0.5) is 5.82 Å². The molecule has 1 rings (SSSR count). The quantitative estimate of drug-likeness (QED) is 0.703. The third-order valence-electron chi connectivity index (χ3n) is 1.72. The number of nitrogens with two attached hydrogens (primary N) is 1. The van der Waals surface area contributed by atoms with Crippen molar-refractivity contribution in [3.05, 3.63) is 23.4 Å². The van der Waals surface area contributed by atoms with E-state index < -0.39 is 11.9 Å². The number of ether oxygens (including phenoxy) is 2. The Balaban J connectivity index is 3.08. The smallest absolute Gasteiger partial charge is 0.356 e. The van der Waals surface area contributed by atoms with Crippen LogP contribution in [0.5, 0.6) is 0 Å². The number of anilines is 1. The van der Waals surface area contributed by atoms with Crippen LogP contribution in [-0.4, -0.2) is 31.1 Å². The largest absolute Gasteiger partial charge is 0.465 e. The van der Waals surface area contributed by atoms with Crippen molar-refractivity contribution in [2.24, 2.45) is 0 Å². The molecule has 0 aliphatic heterocycles. The molecule has 15 heavy (non-hydrogen) atoms. The van der Waals surface area contributed by atoms with Crippen LogP contribution in [0.2, 0.25) is 0 Å². The molecule has 2 N–H and O–H groups in total. The summed E-state index contributed by atoms with van der Waals surface area (Å²) in [6, 6.07) is 2.70. The fraction of sp³-hybridized carbons (Fsp3) is 0.222. The average Bonchev–Trinajstić information content (AvgIpc) is 2.26. The van der Waals surface area contributed by atoms with E-state index in [0.29, 0.717) is 0 Å². The lowest BCUT2D eigenvalue weighted by Crippen LogP contribution is -2.11. The molecule has 0 amide bonds. The minimum absolute atomic E-state index is 0.0441. The molecule has 0 saturated heterocycles. The molecular formula is C9H10N2O4. The first kappa shape index (κ1) is 11.0. The van der Waals surface area contributed by atoms with Gasteiger partial charge in [-0.2, -0.15) is 0 Å². The molecule has 0 aliphatic rings. The number of nitrogen functional groups attached to an aromatic ring is 1. The summed E-state index contributed by atoms with van der Waals surface area (Å²) < 4.78 is 8.91. The van der Waals surface area contributed by atoms with Crippen LogP contribution in [0.3, 0.4) is 0 Å². The second-order valence-corrected chi connectivity index (χ2v) is 2.61.